The van der Waals surface area contributed by atoms with E-state index in [0.717, 1.165) is 46.0 Å². The zero-order chi connectivity index (χ0) is 19.2. The molecule has 0 aliphatic rings. The molecule has 2 aromatic carbocycles. The topological polar surface area (TPSA) is 44.1 Å². The van der Waals surface area contributed by atoms with Crippen molar-refractivity contribution in [2.24, 2.45) is 5.92 Å². The predicted molar refractivity (Wildman–Crippen MR) is 113 cm³/mol. The highest BCUT2D eigenvalue weighted by atomic mass is 79.9. The number of halogens is 1. The van der Waals surface area contributed by atoms with Crippen LogP contribution in [-0.2, 0) is 6.54 Å². The summed E-state index contributed by atoms with van der Waals surface area (Å²) in [6.45, 7) is 5.78. The first-order valence-electron chi connectivity index (χ1n) is 9.46. The van der Waals surface area contributed by atoms with Crippen molar-refractivity contribution in [2.45, 2.75) is 39.7 Å². The van der Waals surface area contributed by atoms with Gasteiger partial charge in [0.05, 0.1) is 24.9 Å². The lowest BCUT2D eigenvalue weighted by Gasteiger charge is -2.17. The summed E-state index contributed by atoms with van der Waals surface area (Å²) in [7, 11) is 0. The molecule has 3 aromatic rings. The van der Waals surface area contributed by atoms with Crippen LogP contribution in [0, 0.1) is 5.92 Å². The van der Waals surface area contributed by atoms with E-state index >= 15 is 0 Å². The van der Waals surface area contributed by atoms with Crippen LogP contribution >= 0.6 is 15.9 Å². The molecule has 0 spiro atoms. The number of rotatable bonds is 9. The van der Waals surface area contributed by atoms with Gasteiger partial charge in [0.15, 0.2) is 0 Å². The maximum absolute atomic E-state index is 11.0. The number of ether oxygens (including phenoxy) is 1. The molecule has 0 bridgehead atoms. The van der Waals surface area contributed by atoms with Gasteiger partial charge in [0.2, 0.25) is 0 Å². The second-order valence-corrected chi connectivity index (χ2v) is 7.78. The average molecular weight is 429 g/mol. The summed E-state index contributed by atoms with van der Waals surface area (Å²) in [5.74, 6) is 1.49. The molecule has 0 N–H and O–H groups in total. The Balaban J connectivity index is 1.84. The van der Waals surface area contributed by atoms with Gasteiger partial charge in [-0.1, -0.05) is 42.6 Å². The lowest BCUT2D eigenvalue weighted by atomic mass is 10.0. The lowest BCUT2D eigenvalue weighted by Crippen LogP contribution is -2.12. The molecular formula is C22H25BrN2O2. The van der Waals surface area contributed by atoms with E-state index in [2.05, 4.69) is 40.9 Å². The largest absolute Gasteiger partial charge is 0.493 e. The molecule has 1 aromatic heterocycles. The van der Waals surface area contributed by atoms with E-state index in [1.165, 1.54) is 12.8 Å². The van der Waals surface area contributed by atoms with Crippen molar-refractivity contribution in [1.29, 1.82) is 0 Å². The SMILES string of the molecule is CCCC(CC)COc1ccc(Br)cc1Cn1ncc2cc(C=O)ccc21. The molecule has 0 radical (unpaired) electrons. The Morgan fingerprint density at radius 1 is 1.22 bits per heavy atom. The minimum absolute atomic E-state index is 0.582. The van der Waals surface area contributed by atoms with Gasteiger partial charge in [-0.2, -0.15) is 5.10 Å². The van der Waals surface area contributed by atoms with Gasteiger partial charge in [-0.05, 0) is 48.7 Å². The summed E-state index contributed by atoms with van der Waals surface area (Å²) in [6.07, 6.45) is 6.15. The summed E-state index contributed by atoms with van der Waals surface area (Å²) >= 11 is 3.56. The maximum Gasteiger partial charge on any atom is 0.150 e. The van der Waals surface area contributed by atoms with Gasteiger partial charge < -0.3 is 4.74 Å². The first-order chi connectivity index (χ1) is 13.1. The molecular weight excluding hydrogens is 404 g/mol. The van der Waals surface area contributed by atoms with Gasteiger partial charge in [0.25, 0.3) is 0 Å². The number of carbonyl (C=O) groups excluding carboxylic acids is 1. The van der Waals surface area contributed by atoms with E-state index in [0.29, 0.717) is 18.0 Å². The summed E-state index contributed by atoms with van der Waals surface area (Å²) < 4.78 is 9.15. The third-order valence-electron chi connectivity index (χ3n) is 4.89. The average Bonchev–Trinajstić information content (AvgIpc) is 3.08. The molecule has 27 heavy (non-hydrogen) atoms. The first kappa shape index (κ1) is 19.6. The zero-order valence-electron chi connectivity index (χ0n) is 15.8. The molecule has 1 heterocycles. The molecule has 4 nitrogen and oxygen atoms in total. The van der Waals surface area contributed by atoms with E-state index in [4.69, 9.17) is 4.74 Å². The Hall–Kier alpha value is -2.14. The molecule has 0 fully saturated rings. The summed E-state index contributed by atoms with van der Waals surface area (Å²) in [4.78, 5) is 11.0. The van der Waals surface area contributed by atoms with Crippen LogP contribution in [0.2, 0.25) is 0 Å². The van der Waals surface area contributed by atoms with Crippen molar-refractivity contribution < 1.29 is 9.53 Å². The van der Waals surface area contributed by atoms with E-state index in [-0.39, 0.29) is 0 Å². The normalized spacial score (nSPS) is 12.3. The molecule has 0 aliphatic carbocycles. The highest BCUT2D eigenvalue weighted by molar-refractivity contribution is 9.10. The van der Waals surface area contributed by atoms with Gasteiger partial charge >= 0.3 is 0 Å². The van der Waals surface area contributed by atoms with Crippen LogP contribution in [0.15, 0.2) is 47.1 Å². The number of aldehydes is 1. The van der Waals surface area contributed by atoms with Crippen molar-refractivity contribution >= 4 is 33.1 Å². The second kappa shape index (κ2) is 9.18. The van der Waals surface area contributed by atoms with Crippen molar-refractivity contribution in [3.8, 4) is 5.75 Å². The molecule has 0 aliphatic heterocycles. The standard InChI is InChI=1S/C22H25BrN2O2/c1-3-5-16(4-2)15-27-22-9-7-20(23)11-19(22)13-25-21-8-6-17(14-26)10-18(21)12-24-25/h6-12,14,16H,3-5,13,15H2,1-2H3. The van der Waals surface area contributed by atoms with Gasteiger partial charge in [-0.15, -0.1) is 0 Å². The number of fused-ring (bicyclic) bond motifs is 1. The van der Waals surface area contributed by atoms with Gasteiger partial charge in [0, 0.05) is 21.0 Å². The fourth-order valence-electron chi connectivity index (χ4n) is 3.30. The first-order valence-corrected chi connectivity index (χ1v) is 10.3. The number of aromatic nitrogens is 2. The molecule has 0 amide bonds. The smallest absolute Gasteiger partial charge is 0.150 e. The highest BCUT2D eigenvalue weighted by Crippen LogP contribution is 2.27. The molecule has 1 unspecified atom stereocenters. The summed E-state index contributed by atoms with van der Waals surface area (Å²) in [6, 6.07) is 11.7. The van der Waals surface area contributed by atoms with Crippen LogP contribution in [0.4, 0.5) is 0 Å². The quantitative estimate of drug-likeness (QED) is 0.400. The predicted octanol–water partition coefficient (Wildman–Crippen LogP) is 5.86. The minimum Gasteiger partial charge on any atom is -0.493 e. The Morgan fingerprint density at radius 2 is 2.07 bits per heavy atom. The van der Waals surface area contributed by atoms with E-state index in [1.807, 2.05) is 35.0 Å². The fraction of sp³-hybridized carbons (Fsp3) is 0.364. The van der Waals surface area contributed by atoms with Crippen LogP contribution < -0.4 is 4.74 Å². The van der Waals surface area contributed by atoms with Crippen molar-refractivity contribution in [1.82, 2.24) is 9.78 Å². The number of hydrogen-bond acceptors (Lipinski definition) is 3. The van der Waals surface area contributed by atoms with Gasteiger partial charge in [0.1, 0.15) is 12.0 Å². The highest BCUT2D eigenvalue weighted by Gasteiger charge is 2.12. The zero-order valence-corrected chi connectivity index (χ0v) is 17.4. The molecule has 0 saturated heterocycles. The molecule has 1 atom stereocenters. The van der Waals surface area contributed by atoms with Gasteiger partial charge in [-0.25, -0.2) is 0 Å². The van der Waals surface area contributed by atoms with E-state index < -0.39 is 0 Å². The summed E-state index contributed by atoms with van der Waals surface area (Å²) in [5, 5.41) is 5.47. The monoisotopic (exact) mass is 428 g/mol. The Kier molecular flexibility index (Phi) is 6.67. The Bertz CT molecular complexity index is 920. The minimum atomic E-state index is 0.582. The molecule has 142 valence electrons. The van der Waals surface area contributed by atoms with Crippen LogP contribution in [0.25, 0.3) is 10.9 Å². The Morgan fingerprint density at radius 3 is 2.81 bits per heavy atom. The van der Waals surface area contributed by atoms with Crippen molar-refractivity contribution in [3.63, 3.8) is 0 Å². The number of benzene rings is 2. The lowest BCUT2D eigenvalue weighted by molar-refractivity contribution is 0.112. The van der Waals surface area contributed by atoms with E-state index in [1.54, 1.807) is 6.20 Å². The van der Waals surface area contributed by atoms with Gasteiger partial charge in [-0.3, -0.25) is 9.48 Å². The van der Waals surface area contributed by atoms with Crippen LogP contribution in [0.1, 0.15) is 49.0 Å². The maximum atomic E-state index is 11.0. The fourth-order valence-corrected chi connectivity index (χ4v) is 3.71. The Labute approximate surface area is 168 Å². The molecule has 3 rings (SSSR count). The second-order valence-electron chi connectivity index (χ2n) is 6.86. The van der Waals surface area contributed by atoms with Crippen molar-refractivity contribution in [2.75, 3.05) is 6.61 Å². The third-order valence-corrected chi connectivity index (χ3v) is 5.39. The number of hydrogen-bond donors (Lipinski definition) is 0. The summed E-state index contributed by atoms with van der Waals surface area (Å²) in [5.41, 5.74) is 2.75. The molecule has 0 saturated carbocycles. The van der Waals surface area contributed by atoms with Crippen LogP contribution in [-0.4, -0.2) is 22.7 Å². The third kappa shape index (κ3) is 4.78. The van der Waals surface area contributed by atoms with Crippen LogP contribution in [0.5, 0.6) is 5.75 Å². The van der Waals surface area contributed by atoms with E-state index in [9.17, 15) is 4.79 Å². The number of nitrogens with zero attached hydrogens (tertiary/aromatic N) is 2. The molecule has 5 heteroatoms. The van der Waals surface area contributed by atoms with Crippen LogP contribution in [0.3, 0.4) is 0 Å². The number of carbonyl (C=O) groups is 1. The van der Waals surface area contributed by atoms with Crippen molar-refractivity contribution in [3.05, 3.63) is 58.2 Å².